The van der Waals surface area contributed by atoms with E-state index in [2.05, 4.69) is 10.6 Å². The van der Waals surface area contributed by atoms with Crippen LogP contribution in [-0.2, 0) is 16.1 Å². The lowest BCUT2D eigenvalue weighted by Gasteiger charge is -2.31. The molecule has 1 atom stereocenters. The normalized spacial score (nSPS) is 11.5. The predicted octanol–water partition coefficient (Wildman–Crippen LogP) is 4.14. The van der Waals surface area contributed by atoms with Crippen LogP contribution in [0, 0.1) is 12.7 Å². The quantitative estimate of drug-likeness (QED) is 0.368. The van der Waals surface area contributed by atoms with E-state index in [1.165, 1.54) is 41.7 Å². The lowest BCUT2D eigenvalue weighted by Crippen LogP contribution is -2.47. The molecule has 0 fully saturated rings. The number of hydrogen-bond donors (Lipinski definition) is 2. The van der Waals surface area contributed by atoms with Crippen LogP contribution < -0.4 is 15.5 Å². The molecule has 36 heavy (non-hydrogen) atoms. The van der Waals surface area contributed by atoms with E-state index in [0.717, 1.165) is 5.56 Å². The van der Waals surface area contributed by atoms with E-state index in [0.29, 0.717) is 11.4 Å². The Balaban J connectivity index is 1.68. The van der Waals surface area contributed by atoms with E-state index in [9.17, 15) is 18.8 Å². The largest absolute Gasteiger partial charge is 0.467 e. The maximum atomic E-state index is 15.0. The molecule has 0 bridgehead atoms. The maximum Gasteiger partial charge on any atom is 0.287 e. The zero-order valence-electron chi connectivity index (χ0n) is 19.4. The van der Waals surface area contributed by atoms with Crippen LogP contribution in [0.1, 0.15) is 33.5 Å². The summed E-state index contributed by atoms with van der Waals surface area (Å²) in [7, 11) is 0. The fourth-order valence-corrected chi connectivity index (χ4v) is 3.66. The van der Waals surface area contributed by atoms with E-state index in [4.69, 9.17) is 8.83 Å². The van der Waals surface area contributed by atoms with Crippen LogP contribution in [0.4, 0.5) is 10.1 Å². The number of amides is 3. The van der Waals surface area contributed by atoms with Crippen LogP contribution in [-0.4, -0.2) is 24.3 Å². The van der Waals surface area contributed by atoms with E-state index in [1.807, 2.05) is 6.92 Å². The summed E-state index contributed by atoms with van der Waals surface area (Å²) in [6.07, 6.45) is 2.81. The molecule has 0 aliphatic carbocycles. The molecule has 0 aliphatic rings. The number of anilines is 1. The Bertz CT molecular complexity index is 1320. The van der Waals surface area contributed by atoms with Gasteiger partial charge in [-0.2, -0.15) is 0 Å². The van der Waals surface area contributed by atoms with Crippen LogP contribution in [0.25, 0.3) is 0 Å². The molecule has 0 saturated carbocycles. The van der Waals surface area contributed by atoms with Gasteiger partial charge in [-0.1, -0.05) is 35.9 Å². The summed E-state index contributed by atoms with van der Waals surface area (Å²) < 4.78 is 25.3. The summed E-state index contributed by atoms with van der Waals surface area (Å²) in [4.78, 5) is 40.5. The van der Waals surface area contributed by atoms with E-state index in [1.54, 1.807) is 48.5 Å². The SMILES string of the molecule is Cc1ccc(N(C(=O)CNC(=O)c2ccco2)C(C(=O)NCc2ccco2)c2ccccc2F)cc1. The van der Waals surface area contributed by atoms with Gasteiger partial charge in [0.1, 0.15) is 17.6 Å². The minimum atomic E-state index is -1.36. The first kappa shape index (κ1) is 24.5. The molecule has 2 aromatic heterocycles. The molecule has 9 heteroatoms. The number of carbonyl (C=O) groups is 3. The molecule has 0 aliphatic heterocycles. The molecule has 4 aromatic rings. The predicted molar refractivity (Wildman–Crippen MR) is 129 cm³/mol. The standard InChI is InChI=1S/C27H24FN3O5/c1-18-10-12-19(13-11-18)31(24(32)17-30-26(33)23-9-5-15-36-23)25(21-7-2-3-8-22(21)28)27(34)29-16-20-6-4-14-35-20/h2-15,25H,16-17H2,1H3,(H,29,34)(H,30,33). The molecule has 1 unspecified atom stereocenters. The van der Waals surface area contributed by atoms with Gasteiger partial charge in [0.25, 0.3) is 5.91 Å². The number of furan rings is 2. The van der Waals surface area contributed by atoms with Crippen molar-refractivity contribution in [2.24, 2.45) is 0 Å². The van der Waals surface area contributed by atoms with Crippen molar-refractivity contribution < 1.29 is 27.6 Å². The number of aryl methyl sites for hydroxylation is 1. The Hall–Kier alpha value is -4.66. The molecule has 4 rings (SSSR count). The topological polar surface area (TPSA) is 105 Å². The van der Waals surface area contributed by atoms with Crippen LogP contribution in [0.5, 0.6) is 0 Å². The summed E-state index contributed by atoms with van der Waals surface area (Å²) in [5.41, 5.74) is 1.29. The number of nitrogens with zero attached hydrogens (tertiary/aromatic N) is 1. The van der Waals surface area contributed by atoms with Gasteiger partial charge in [0.15, 0.2) is 5.76 Å². The second-order valence-corrected chi connectivity index (χ2v) is 7.98. The van der Waals surface area contributed by atoms with E-state index in [-0.39, 0.29) is 17.9 Å². The highest BCUT2D eigenvalue weighted by molar-refractivity contribution is 6.04. The first-order valence-electron chi connectivity index (χ1n) is 11.2. The number of hydrogen-bond acceptors (Lipinski definition) is 5. The van der Waals surface area contributed by atoms with E-state index >= 15 is 0 Å². The van der Waals surface area contributed by atoms with Crippen molar-refractivity contribution in [1.29, 1.82) is 0 Å². The summed E-state index contributed by atoms with van der Waals surface area (Å²) in [6, 6.07) is 17.6. The molecule has 8 nitrogen and oxygen atoms in total. The van der Waals surface area contributed by atoms with Gasteiger partial charge in [-0.05, 0) is 49.4 Å². The number of halogens is 1. The zero-order valence-corrected chi connectivity index (χ0v) is 19.4. The third-order valence-corrected chi connectivity index (χ3v) is 5.45. The monoisotopic (exact) mass is 489 g/mol. The highest BCUT2D eigenvalue weighted by atomic mass is 19.1. The van der Waals surface area contributed by atoms with Gasteiger partial charge in [-0.15, -0.1) is 0 Å². The fraction of sp³-hybridized carbons (Fsp3) is 0.148. The second-order valence-electron chi connectivity index (χ2n) is 7.98. The minimum Gasteiger partial charge on any atom is -0.467 e. The van der Waals surface area contributed by atoms with Gasteiger partial charge in [-0.25, -0.2) is 4.39 Å². The molecule has 2 N–H and O–H groups in total. The van der Waals surface area contributed by atoms with Gasteiger partial charge in [0, 0.05) is 11.3 Å². The van der Waals surface area contributed by atoms with Crippen molar-refractivity contribution in [2.45, 2.75) is 19.5 Å². The zero-order chi connectivity index (χ0) is 25.5. The van der Waals surface area contributed by atoms with Crippen LogP contribution >= 0.6 is 0 Å². The lowest BCUT2D eigenvalue weighted by molar-refractivity contribution is -0.126. The Kier molecular flexibility index (Phi) is 7.60. The fourth-order valence-electron chi connectivity index (χ4n) is 3.66. The second kappa shape index (κ2) is 11.2. The van der Waals surface area contributed by atoms with Gasteiger partial charge in [0.2, 0.25) is 11.8 Å². The maximum absolute atomic E-state index is 15.0. The number of benzene rings is 2. The molecule has 0 saturated heterocycles. The highest BCUT2D eigenvalue weighted by Crippen LogP contribution is 2.30. The molecule has 0 spiro atoms. The first-order chi connectivity index (χ1) is 17.4. The molecule has 0 radical (unpaired) electrons. The van der Waals surface area contributed by atoms with Crippen LogP contribution in [0.3, 0.4) is 0 Å². The van der Waals surface area contributed by atoms with Crippen molar-refractivity contribution in [3.05, 3.63) is 114 Å². The van der Waals surface area contributed by atoms with E-state index < -0.39 is 36.1 Å². The summed E-state index contributed by atoms with van der Waals surface area (Å²) in [5.74, 6) is -1.97. The summed E-state index contributed by atoms with van der Waals surface area (Å²) >= 11 is 0. The summed E-state index contributed by atoms with van der Waals surface area (Å²) in [5, 5.41) is 5.22. The summed E-state index contributed by atoms with van der Waals surface area (Å²) in [6.45, 7) is 1.47. The van der Waals surface area contributed by atoms with Gasteiger partial charge in [-0.3, -0.25) is 19.3 Å². The average Bonchev–Trinajstić information content (AvgIpc) is 3.60. The smallest absolute Gasteiger partial charge is 0.287 e. The third-order valence-electron chi connectivity index (χ3n) is 5.45. The highest BCUT2D eigenvalue weighted by Gasteiger charge is 2.34. The lowest BCUT2D eigenvalue weighted by atomic mass is 10.0. The Labute approximate surface area is 206 Å². The molecular formula is C27H24FN3O5. The third kappa shape index (κ3) is 5.69. The van der Waals surface area contributed by atoms with Gasteiger partial charge < -0.3 is 19.5 Å². The number of rotatable bonds is 9. The Morgan fingerprint density at radius 1 is 0.889 bits per heavy atom. The minimum absolute atomic E-state index is 0.000677. The first-order valence-corrected chi connectivity index (χ1v) is 11.2. The molecular weight excluding hydrogens is 465 g/mol. The number of carbonyl (C=O) groups excluding carboxylic acids is 3. The van der Waals surface area contributed by atoms with Crippen LogP contribution in [0.2, 0.25) is 0 Å². The van der Waals surface area contributed by atoms with Crippen molar-refractivity contribution in [3.63, 3.8) is 0 Å². The molecule has 3 amide bonds. The van der Waals surface area contributed by atoms with Gasteiger partial charge >= 0.3 is 0 Å². The molecule has 184 valence electrons. The van der Waals surface area contributed by atoms with Crippen molar-refractivity contribution in [1.82, 2.24) is 10.6 Å². The molecule has 2 aromatic carbocycles. The van der Waals surface area contributed by atoms with Crippen molar-refractivity contribution >= 4 is 23.4 Å². The van der Waals surface area contributed by atoms with Crippen LogP contribution in [0.15, 0.2) is 94.2 Å². The van der Waals surface area contributed by atoms with Crippen molar-refractivity contribution in [3.8, 4) is 0 Å². The average molecular weight is 490 g/mol. The van der Waals surface area contributed by atoms with Gasteiger partial charge in [0.05, 0.1) is 25.6 Å². The Morgan fingerprint density at radius 2 is 1.61 bits per heavy atom. The van der Waals surface area contributed by atoms with Crippen molar-refractivity contribution in [2.75, 3.05) is 11.4 Å². The number of nitrogens with one attached hydrogen (secondary N) is 2. The Morgan fingerprint density at radius 3 is 2.28 bits per heavy atom. The molecule has 2 heterocycles.